The molecule has 2 aliphatic rings. The first-order chi connectivity index (χ1) is 9.58. The van der Waals surface area contributed by atoms with Crippen LogP contribution >= 0.6 is 0 Å². The second-order valence-electron chi connectivity index (χ2n) is 5.60. The van der Waals surface area contributed by atoms with Gasteiger partial charge in [-0.3, -0.25) is 4.79 Å². The van der Waals surface area contributed by atoms with Crippen molar-refractivity contribution in [3.63, 3.8) is 0 Å². The summed E-state index contributed by atoms with van der Waals surface area (Å²) < 4.78 is 5.05. The van der Waals surface area contributed by atoms with Crippen LogP contribution < -0.4 is 0 Å². The molecule has 1 aliphatic carbocycles. The summed E-state index contributed by atoms with van der Waals surface area (Å²) in [6.45, 7) is 4.23. The number of imide groups is 1. The lowest BCUT2D eigenvalue weighted by molar-refractivity contribution is -0.129. The predicted molar refractivity (Wildman–Crippen MR) is 77.0 cm³/mol. The van der Waals surface area contributed by atoms with Crippen molar-refractivity contribution < 1.29 is 14.3 Å². The van der Waals surface area contributed by atoms with E-state index in [1.165, 1.54) is 4.90 Å². The van der Waals surface area contributed by atoms with Crippen molar-refractivity contribution in [2.24, 2.45) is 5.92 Å². The zero-order valence-electron chi connectivity index (χ0n) is 12.0. The van der Waals surface area contributed by atoms with Crippen molar-refractivity contribution in [1.82, 2.24) is 4.90 Å². The van der Waals surface area contributed by atoms with Crippen LogP contribution in [0.3, 0.4) is 0 Å². The molecule has 0 N–H and O–H groups in total. The highest BCUT2D eigenvalue weighted by Gasteiger charge is 2.37. The number of amides is 2. The monoisotopic (exact) mass is 275 g/mol. The van der Waals surface area contributed by atoms with Gasteiger partial charge < -0.3 is 4.74 Å². The molecule has 1 saturated heterocycles. The van der Waals surface area contributed by atoms with Gasteiger partial charge in [-0.2, -0.15) is 0 Å². The number of carbonyl (C=O) groups is 2. The van der Waals surface area contributed by atoms with Crippen LogP contribution in [-0.4, -0.2) is 29.5 Å². The third-order valence-electron chi connectivity index (χ3n) is 3.33. The topological polar surface area (TPSA) is 46.6 Å². The SMILES string of the molecule is CC(C)CC(=O)N1C(=O)OC[C@@H]1CC1=CC=CCC=C1. The quantitative estimate of drug-likeness (QED) is 0.791. The number of cyclic esters (lactones) is 1. The van der Waals surface area contributed by atoms with Crippen LogP contribution in [-0.2, 0) is 9.53 Å². The predicted octanol–water partition coefficient (Wildman–Crippen LogP) is 3.21. The van der Waals surface area contributed by atoms with Crippen LogP contribution in [0.4, 0.5) is 4.79 Å². The molecule has 1 aliphatic heterocycles. The molecule has 20 heavy (non-hydrogen) atoms. The zero-order chi connectivity index (χ0) is 14.5. The molecule has 4 nitrogen and oxygen atoms in total. The average Bonchev–Trinajstić information content (AvgIpc) is 2.59. The number of allylic oxidation sites excluding steroid dienone is 5. The molecular weight excluding hydrogens is 254 g/mol. The lowest BCUT2D eigenvalue weighted by Gasteiger charge is -2.20. The van der Waals surface area contributed by atoms with E-state index in [-0.39, 0.29) is 24.5 Å². The third kappa shape index (κ3) is 3.59. The summed E-state index contributed by atoms with van der Waals surface area (Å²) in [5.41, 5.74) is 1.12. The number of ether oxygens (including phenoxy) is 1. The Morgan fingerprint density at radius 2 is 2.25 bits per heavy atom. The lowest BCUT2D eigenvalue weighted by Crippen LogP contribution is -2.39. The highest BCUT2D eigenvalue weighted by atomic mass is 16.6. The molecule has 0 aromatic carbocycles. The average molecular weight is 275 g/mol. The van der Waals surface area contributed by atoms with Crippen LogP contribution in [0.15, 0.2) is 36.0 Å². The molecule has 0 aromatic heterocycles. The second-order valence-corrected chi connectivity index (χ2v) is 5.60. The van der Waals surface area contributed by atoms with E-state index in [2.05, 4.69) is 12.2 Å². The van der Waals surface area contributed by atoms with Crippen molar-refractivity contribution in [3.05, 3.63) is 36.0 Å². The Kier molecular flexibility index (Phi) is 4.77. The number of rotatable bonds is 4. The molecule has 0 aromatic rings. The summed E-state index contributed by atoms with van der Waals surface area (Å²) in [5.74, 6) is 0.0951. The van der Waals surface area contributed by atoms with E-state index in [4.69, 9.17) is 4.74 Å². The van der Waals surface area contributed by atoms with Gasteiger partial charge >= 0.3 is 6.09 Å². The van der Waals surface area contributed by atoms with Gasteiger partial charge in [0.25, 0.3) is 0 Å². The highest BCUT2D eigenvalue weighted by molar-refractivity contribution is 5.93. The van der Waals surface area contributed by atoms with Gasteiger partial charge in [-0.05, 0) is 24.3 Å². The largest absolute Gasteiger partial charge is 0.447 e. The molecule has 108 valence electrons. The summed E-state index contributed by atoms with van der Waals surface area (Å²) in [4.78, 5) is 25.2. The van der Waals surface area contributed by atoms with Gasteiger partial charge in [0.15, 0.2) is 0 Å². The van der Waals surface area contributed by atoms with E-state index in [1.807, 2.05) is 32.1 Å². The van der Waals surface area contributed by atoms with Gasteiger partial charge in [-0.15, -0.1) is 0 Å². The molecule has 0 radical (unpaired) electrons. The standard InChI is InChI=1S/C16H21NO3/c1-12(2)9-15(18)17-14(11-20-16(17)19)10-13-7-5-3-4-6-8-13/h3,5-8,12,14H,4,9-11H2,1-2H3/t14-/m0/s1. The molecule has 0 saturated carbocycles. The van der Waals surface area contributed by atoms with E-state index >= 15 is 0 Å². The smallest absolute Gasteiger partial charge is 0.416 e. The maximum atomic E-state index is 12.2. The van der Waals surface area contributed by atoms with Crippen LogP contribution in [0.5, 0.6) is 0 Å². The Hall–Kier alpha value is -1.84. The Labute approximate surface area is 119 Å². The van der Waals surface area contributed by atoms with Crippen LogP contribution in [0, 0.1) is 5.92 Å². The van der Waals surface area contributed by atoms with E-state index in [0.717, 1.165) is 12.0 Å². The summed E-state index contributed by atoms with van der Waals surface area (Å²) in [7, 11) is 0. The van der Waals surface area contributed by atoms with Crippen molar-refractivity contribution >= 4 is 12.0 Å². The third-order valence-corrected chi connectivity index (χ3v) is 3.33. The Morgan fingerprint density at radius 3 is 3.00 bits per heavy atom. The molecule has 0 spiro atoms. The summed E-state index contributed by atoms with van der Waals surface area (Å²) in [6, 6.07) is -0.184. The number of carbonyl (C=O) groups excluding carboxylic acids is 2. The minimum Gasteiger partial charge on any atom is -0.447 e. The van der Waals surface area contributed by atoms with Crippen LogP contribution in [0.25, 0.3) is 0 Å². The summed E-state index contributed by atoms with van der Waals surface area (Å²) in [5, 5.41) is 0. The maximum absolute atomic E-state index is 12.2. The fraction of sp³-hybridized carbons (Fsp3) is 0.500. The highest BCUT2D eigenvalue weighted by Crippen LogP contribution is 2.23. The molecule has 4 heteroatoms. The Bertz CT molecular complexity index is 474. The molecule has 1 atom stereocenters. The molecule has 2 amide bonds. The number of hydrogen-bond acceptors (Lipinski definition) is 3. The second kappa shape index (κ2) is 6.55. The van der Waals surface area contributed by atoms with Gasteiger partial charge in [-0.1, -0.05) is 44.2 Å². The van der Waals surface area contributed by atoms with E-state index in [1.54, 1.807) is 0 Å². The molecule has 2 rings (SSSR count). The normalized spacial score (nSPS) is 21.9. The zero-order valence-corrected chi connectivity index (χ0v) is 12.0. The van der Waals surface area contributed by atoms with Crippen LogP contribution in [0.2, 0.25) is 0 Å². The first-order valence-corrected chi connectivity index (χ1v) is 7.09. The lowest BCUT2D eigenvalue weighted by atomic mass is 10.0. The molecule has 0 bridgehead atoms. The van der Waals surface area contributed by atoms with E-state index in [9.17, 15) is 9.59 Å². The van der Waals surface area contributed by atoms with Gasteiger partial charge in [-0.25, -0.2) is 9.69 Å². The van der Waals surface area contributed by atoms with Crippen molar-refractivity contribution in [3.8, 4) is 0 Å². The Morgan fingerprint density at radius 1 is 1.45 bits per heavy atom. The first kappa shape index (κ1) is 14.6. The first-order valence-electron chi connectivity index (χ1n) is 7.09. The summed E-state index contributed by atoms with van der Waals surface area (Å²) >= 11 is 0. The van der Waals surface area contributed by atoms with Gasteiger partial charge in [0.2, 0.25) is 5.91 Å². The van der Waals surface area contributed by atoms with Gasteiger partial charge in [0.1, 0.15) is 6.61 Å². The minimum absolute atomic E-state index is 0.138. The van der Waals surface area contributed by atoms with Crippen LogP contribution in [0.1, 0.15) is 33.1 Å². The number of hydrogen-bond donors (Lipinski definition) is 0. The van der Waals surface area contributed by atoms with E-state index in [0.29, 0.717) is 12.8 Å². The number of nitrogens with zero attached hydrogens (tertiary/aromatic N) is 1. The summed E-state index contributed by atoms with van der Waals surface area (Å²) in [6.07, 6.45) is 11.7. The fourth-order valence-electron chi connectivity index (χ4n) is 2.40. The van der Waals surface area contributed by atoms with Crippen molar-refractivity contribution in [2.75, 3.05) is 6.61 Å². The van der Waals surface area contributed by atoms with Gasteiger partial charge in [0.05, 0.1) is 6.04 Å². The van der Waals surface area contributed by atoms with Crippen molar-refractivity contribution in [1.29, 1.82) is 0 Å². The maximum Gasteiger partial charge on any atom is 0.416 e. The Balaban J connectivity index is 2.06. The minimum atomic E-state index is -0.505. The van der Waals surface area contributed by atoms with Crippen molar-refractivity contribution in [2.45, 2.75) is 39.2 Å². The fourth-order valence-corrected chi connectivity index (χ4v) is 2.40. The van der Waals surface area contributed by atoms with E-state index < -0.39 is 6.09 Å². The van der Waals surface area contributed by atoms with Gasteiger partial charge in [0, 0.05) is 6.42 Å². The molecule has 1 fully saturated rings. The molecular formula is C16H21NO3. The molecule has 0 unspecified atom stereocenters. The molecule has 1 heterocycles.